The second-order valence-electron chi connectivity index (χ2n) is 7.40. The molecule has 7 nitrogen and oxygen atoms in total. The molecule has 0 amide bonds. The van der Waals surface area contributed by atoms with E-state index >= 15 is 0 Å². The summed E-state index contributed by atoms with van der Waals surface area (Å²) in [7, 11) is 1.36. The van der Waals surface area contributed by atoms with Gasteiger partial charge in [-0.05, 0) is 62.5 Å². The number of aromatic nitrogens is 4. The summed E-state index contributed by atoms with van der Waals surface area (Å²) in [6, 6.07) is 13.1. The molecule has 3 aromatic heterocycles. The molecule has 3 heterocycles. The highest BCUT2D eigenvalue weighted by molar-refractivity contribution is 7.99. The van der Waals surface area contributed by atoms with E-state index in [1.54, 1.807) is 23.5 Å². The molecule has 0 bridgehead atoms. The Morgan fingerprint density at radius 2 is 1.88 bits per heavy atom. The normalized spacial score (nSPS) is 11.0. The van der Waals surface area contributed by atoms with Gasteiger partial charge in [-0.25, -0.2) is 4.79 Å². The summed E-state index contributed by atoms with van der Waals surface area (Å²) in [5.41, 5.74) is 3.86. The molecular weight excluding hydrogens is 456 g/mol. The Morgan fingerprint density at radius 1 is 1.12 bits per heavy atom. The van der Waals surface area contributed by atoms with Crippen LogP contribution in [0.25, 0.3) is 16.4 Å². The SMILES string of the molecule is CCn1c(SCC(=O)c2cc(C)n(-c3ccc(C(=O)OC)cc3)c2C)nnc1-c1cccs1. The number of methoxy groups -OCH3 is 1. The average Bonchev–Trinajstić information content (AvgIpc) is 3.56. The minimum Gasteiger partial charge on any atom is -0.465 e. The molecule has 0 aliphatic rings. The van der Waals surface area contributed by atoms with Crippen molar-refractivity contribution in [1.29, 1.82) is 0 Å². The van der Waals surface area contributed by atoms with Gasteiger partial charge in [0.2, 0.25) is 0 Å². The second-order valence-corrected chi connectivity index (χ2v) is 9.29. The summed E-state index contributed by atoms with van der Waals surface area (Å²) < 4.78 is 8.82. The lowest BCUT2D eigenvalue weighted by atomic mass is 10.2. The monoisotopic (exact) mass is 480 g/mol. The van der Waals surface area contributed by atoms with Gasteiger partial charge in [-0.15, -0.1) is 21.5 Å². The minimum atomic E-state index is -0.377. The lowest BCUT2D eigenvalue weighted by Gasteiger charge is -2.10. The Kier molecular flexibility index (Phi) is 6.80. The van der Waals surface area contributed by atoms with E-state index in [1.165, 1.54) is 18.9 Å². The number of hydrogen-bond donors (Lipinski definition) is 0. The van der Waals surface area contributed by atoms with Gasteiger partial charge in [0, 0.05) is 29.2 Å². The highest BCUT2D eigenvalue weighted by atomic mass is 32.2. The van der Waals surface area contributed by atoms with Gasteiger partial charge in [-0.1, -0.05) is 17.8 Å². The Labute approximate surface area is 200 Å². The van der Waals surface area contributed by atoms with Crippen molar-refractivity contribution in [3.8, 4) is 16.4 Å². The van der Waals surface area contributed by atoms with Crippen LogP contribution >= 0.6 is 23.1 Å². The van der Waals surface area contributed by atoms with E-state index in [0.717, 1.165) is 39.5 Å². The molecule has 0 saturated heterocycles. The van der Waals surface area contributed by atoms with Crippen LogP contribution in [0.5, 0.6) is 0 Å². The maximum Gasteiger partial charge on any atom is 0.337 e. The van der Waals surface area contributed by atoms with Crippen LogP contribution in [0.1, 0.15) is 39.0 Å². The van der Waals surface area contributed by atoms with E-state index in [1.807, 2.05) is 65.6 Å². The number of ether oxygens (including phenoxy) is 1. The fourth-order valence-corrected chi connectivity index (χ4v) is 5.39. The quantitative estimate of drug-likeness (QED) is 0.196. The molecule has 4 rings (SSSR count). The zero-order valence-corrected chi connectivity index (χ0v) is 20.5. The van der Waals surface area contributed by atoms with Gasteiger partial charge in [0.05, 0.1) is 23.3 Å². The molecule has 0 atom stereocenters. The highest BCUT2D eigenvalue weighted by Crippen LogP contribution is 2.28. The summed E-state index contributed by atoms with van der Waals surface area (Å²) in [5.74, 6) is 0.760. The third-order valence-electron chi connectivity index (χ3n) is 5.39. The van der Waals surface area contributed by atoms with Gasteiger partial charge in [-0.2, -0.15) is 0 Å². The number of aryl methyl sites for hydroxylation is 1. The standard InChI is InChI=1S/C24H24N4O3S2/c1-5-27-22(21-7-6-12-32-21)25-26-24(27)33-14-20(29)19-13-15(2)28(16(19)3)18-10-8-17(9-11-18)23(30)31-4/h6-13H,5,14H2,1-4H3. The zero-order valence-electron chi connectivity index (χ0n) is 18.9. The maximum absolute atomic E-state index is 13.1. The van der Waals surface area contributed by atoms with Crippen molar-refractivity contribution >= 4 is 34.9 Å². The molecule has 33 heavy (non-hydrogen) atoms. The molecule has 0 radical (unpaired) electrons. The largest absolute Gasteiger partial charge is 0.465 e. The Hall–Kier alpha value is -3.17. The van der Waals surface area contributed by atoms with Crippen molar-refractivity contribution in [1.82, 2.24) is 19.3 Å². The first-order chi connectivity index (χ1) is 15.9. The van der Waals surface area contributed by atoms with E-state index < -0.39 is 0 Å². The molecular formula is C24H24N4O3S2. The first kappa shape index (κ1) is 23.0. The van der Waals surface area contributed by atoms with Crippen LogP contribution in [-0.4, -0.2) is 43.9 Å². The number of esters is 1. The fourth-order valence-electron chi connectivity index (χ4n) is 3.78. The number of carbonyl (C=O) groups is 2. The summed E-state index contributed by atoms with van der Waals surface area (Å²) in [5, 5.41) is 11.4. The fraction of sp³-hybridized carbons (Fsp3) is 0.250. The number of thiophene rings is 1. The number of Topliss-reactive ketones (excluding diaryl/α,β-unsaturated/α-hetero) is 1. The van der Waals surface area contributed by atoms with Gasteiger partial charge in [0.15, 0.2) is 16.8 Å². The van der Waals surface area contributed by atoms with Crippen LogP contribution in [0.15, 0.2) is 53.0 Å². The number of rotatable bonds is 8. The number of hydrogen-bond acceptors (Lipinski definition) is 7. The third-order valence-corrected chi connectivity index (χ3v) is 7.22. The third kappa shape index (κ3) is 4.51. The summed E-state index contributed by atoms with van der Waals surface area (Å²) >= 11 is 3.02. The van der Waals surface area contributed by atoms with Crippen LogP contribution in [0.4, 0.5) is 0 Å². The van der Waals surface area contributed by atoms with E-state index in [0.29, 0.717) is 11.1 Å². The highest BCUT2D eigenvalue weighted by Gasteiger charge is 2.20. The Morgan fingerprint density at radius 3 is 2.52 bits per heavy atom. The van der Waals surface area contributed by atoms with Gasteiger partial charge < -0.3 is 13.9 Å². The smallest absolute Gasteiger partial charge is 0.337 e. The van der Waals surface area contributed by atoms with Crippen LogP contribution in [-0.2, 0) is 11.3 Å². The van der Waals surface area contributed by atoms with Gasteiger partial charge in [0.1, 0.15) is 0 Å². The Balaban J connectivity index is 1.53. The molecule has 1 aromatic carbocycles. The van der Waals surface area contributed by atoms with Crippen molar-refractivity contribution in [2.75, 3.05) is 12.9 Å². The number of carbonyl (C=O) groups excluding carboxylic acids is 2. The molecule has 0 saturated carbocycles. The molecule has 9 heteroatoms. The molecule has 0 unspecified atom stereocenters. The summed E-state index contributed by atoms with van der Waals surface area (Å²) in [4.78, 5) is 25.9. The number of ketones is 1. The van der Waals surface area contributed by atoms with Crippen molar-refractivity contribution in [2.24, 2.45) is 0 Å². The molecule has 0 aliphatic carbocycles. The van der Waals surface area contributed by atoms with Crippen LogP contribution in [0.3, 0.4) is 0 Å². The molecule has 0 aliphatic heterocycles. The summed E-state index contributed by atoms with van der Waals surface area (Å²) in [6.07, 6.45) is 0. The topological polar surface area (TPSA) is 79.0 Å². The lowest BCUT2D eigenvalue weighted by molar-refractivity contribution is 0.0600. The predicted octanol–water partition coefficient (Wildman–Crippen LogP) is 5.20. The number of thioether (sulfide) groups is 1. The van der Waals surface area contributed by atoms with Crippen molar-refractivity contribution in [3.63, 3.8) is 0 Å². The molecule has 0 fully saturated rings. The molecule has 4 aromatic rings. The van der Waals surface area contributed by atoms with Gasteiger partial charge in [0.25, 0.3) is 0 Å². The van der Waals surface area contributed by atoms with Crippen molar-refractivity contribution in [3.05, 3.63) is 70.4 Å². The van der Waals surface area contributed by atoms with Gasteiger partial charge >= 0.3 is 5.97 Å². The van der Waals surface area contributed by atoms with Gasteiger partial charge in [-0.3, -0.25) is 4.79 Å². The lowest BCUT2D eigenvalue weighted by Crippen LogP contribution is -2.07. The van der Waals surface area contributed by atoms with E-state index in [9.17, 15) is 9.59 Å². The van der Waals surface area contributed by atoms with E-state index in [2.05, 4.69) is 10.2 Å². The Bertz CT molecular complexity index is 1290. The van der Waals surface area contributed by atoms with E-state index in [4.69, 9.17) is 4.74 Å². The predicted molar refractivity (Wildman–Crippen MR) is 131 cm³/mol. The van der Waals surface area contributed by atoms with Crippen molar-refractivity contribution in [2.45, 2.75) is 32.5 Å². The molecule has 0 N–H and O–H groups in total. The van der Waals surface area contributed by atoms with Crippen molar-refractivity contribution < 1.29 is 14.3 Å². The first-order valence-electron chi connectivity index (χ1n) is 10.4. The number of benzene rings is 1. The molecule has 170 valence electrons. The summed E-state index contributed by atoms with van der Waals surface area (Å²) in [6.45, 7) is 6.67. The van der Waals surface area contributed by atoms with Crippen LogP contribution in [0.2, 0.25) is 0 Å². The maximum atomic E-state index is 13.1. The number of nitrogens with zero attached hydrogens (tertiary/aromatic N) is 4. The second kappa shape index (κ2) is 9.76. The average molecular weight is 481 g/mol. The zero-order chi connectivity index (χ0) is 23.5. The van der Waals surface area contributed by atoms with Crippen LogP contribution < -0.4 is 0 Å². The van der Waals surface area contributed by atoms with E-state index in [-0.39, 0.29) is 17.5 Å². The first-order valence-corrected chi connectivity index (χ1v) is 12.3. The molecule has 0 spiro atoms. The van der Waals surface area contributed by atoms with Crippen LogP contribution in [0, 0.1) is 13.8 Å². The minimum absolute atomic E-state index is 0.0360.